The van der Waals surface area contributed by atoms with E-state index in [4.69, 9.17) is 4.74 Å². The zero-order valence-corrected chi connectivity index (χ0v) is 18.0. The van der Waals surface area contributed by atoms with Crippen LogP contribution in [0.4, 0.5) is 5.69 Å². The van der Waals surface area contributed by atoms with Gasteiger partial charge in [0.2, 0.25) is 5.88 Å². The van der Waals surface area contributed by atoms with Gasteiger partial charge >= 0.3 is 0 Å². The molecule has 0 spiro atoms. The third-order valence-corrected chi connectivity index (χ3v) is 5.02. The first-order chi connectivity index (χ1) is 15.3. The molecule has 1 aromatic carbocycles. The second-order valence-corrected chi connectivity index (χ2v) is 7.20. The minimum absolute atomic E-state index is 0.139. The average molecular weight is 431 g/mol. The highest BCUT2D eigenvalue weighted by Gasteiger charge is 2.12. The van der Waals surface area contributed by atoms with Gasteiger partial charge in [0.05, 0.1) is 5.69 Å². The normalized spacial score (nSPS) is 10.8. The minimum atomic E-state index is -0.421. The van der Waals surface area contributed by atoms with Crippen LogP contribution in [0.15, 0.2) is 53.3 Å². The molecule has 0 aliphatic rings. The van der Waals surface area contributed by atoms with Crippen molar-refractivity contribution in [2.24, 2.45) is 7.05 Å². The first-order valence-corrected chi connectivity index (χ1v) is 9.82. The average Bonchev–Trinajstić information content (AvgIpc) is 3.05. The van der Waals surface area contributed by atoms with Crippen molar-refractivity contribution in [3.8, 4) is 17.4 Å². The summed E-state index contributed by atoms with van der Waals surface area (Å²) in [6, 6.07) is 13.0. The summed E-state index contributed by atoms with van der Waals surface area (Å²) < 4.78 is 8.59. The van der Waals surface area contributed by atoms with Gasteiger partial charge in [-0.3, -0.25) is 9.59 Å². The van der Waals surface area contributed by atoms with Gasteiger partial charge in [-0.15, -0.1) is 10.2 Å². The molecule has 4 rings (SSSR count). The smallest absolute Gasteiger partial charge is 0.276 e. The van der Waals surface area contributed by atoms with Gasteiger partial charge in [-0.05, 0) is 62.7 Å². The van der Waals surface area contributed by atoms with E-state index < -0.39 is 5.91 Å². The number of carbonyl (C=O) groups is 1. The Bertz CT molecular complexity index is 1340. The van der Waals surface area contributed by atoms with E-state index in [9.17, 15) is 9.59 Å². The number of benzene rings is 1. The van der Waals surface area contributed by atoms with Crippen LogP contribution < -0.4 is 15.6 Å². The number of ether oxygens (including phenoxy) is 1. The van der Waals surface area contributed by atoms with Crippen LogP contribution in [-0.4, -0.2) is 35.7 Å². The zero-order chi connectivity index (χ0) is 22.8. The number of amides is 1. The molecule has 3 heterocycles. The zero-order valence-electron chi connectivity index (χ0n) is 18.0. The molecule has 10 nitrogen and oxygen atoms in total. The van der Waals surface area contributed by atoms with E-state index >= 15 is 0 Å². The predicted molar refractivity (Wildman–Crippen MR) is 117 cm³/mol. The number of nitrogens with one attached hydrogen (secondary N) is 1. The van der Waals surface area contributed by atoms with Crippen LogP contribution in [0.3, 0.4) is 0 Å². The number of rotatable bonds is 5. The number of aryl methyl sites for hydroxylation is 2. The molecule has 4 aromatic rings. The van der Waals surface area contributed by atoms with Crippen molar-refractivity contribution >= 4 is 11.6 Å². The maximum absolute atomic E-state index is 12.3. The highest BCUT2D eigenvalue weighted by Crippen LogP contribution is 2.22. The summed E-state index contributed by atoms with van der Waals surface area (Å²) in [5.41, 5.74) is 3.48. The van der Waals surface area contributed by atoms with Crippen molar-refractivity contribution in [3.63, 3.8) is 0 Å². The lowest BCUT2D eigenvalue weighted by molar-refractivity contribution is 0.102. The minimum Gasteiger partial charge on any atom is -0.438 e. The number of carbonyl (C=O) groups excluding carboxylic acids is 1. The van der Waals surface area contributed by atoms with Crippen molar-refractivity contribution in [3.05, 3.63) is 81.5 Å². The van der Waals surface area contributed by atoms with Gasteiger partial charge in [-0.2, -0.15) is 10.2 Å². The first-order valence-electron chi connectivity index (χ1n) is 9.82. The summed E-state index contributed by atoms with van der Waals surface area (Å²) in [7, 11) is 1.49. The van der Waals surface area contributed by atoms with E-state index in [-0.39, 0.29) is 11.3 Å². The molecule has 0 saturated carbocycles. The summed E-state index contributed by atoms with van der Waals surface area (Å²) in [5.74, 6) is 1.05. The Morgan fingerprint density at radius 2 is 1.69 bits per heavy atom. The molecule has 1 amide bonds. The summed E-state index contributed by atoms with van der Waals surface area (Å²) in [6.07, 6.45) is 0. The van der Waals surface area contributed by atoms with Crippen LogP contribution in [0.1, 0.15) is 27.4 Å². The molecule has 0 saturated heterocycles. The Labute approximate surface area is 183 Å². The van der Waals surface area contributed by atoms with E-state index in [2.05, 4.69) is 25.7 Å². The molecule has 0 bridgehead atoms. The van der Waals surface area contributed by atoms with Gasteiger partial charge in [0.1, 0.15) is 11.4 Å². The van der Waals surface area contributed by atoms with Gasteiger partial charge < -0.3 is 10.1 Å². The molecule has 0 unspecified atom stereocenters. The highest BCUT2D eigenvalue weighted by atomic mass is 16.5. The van der Waals surface area contributed by atoms with Gasteiger partial charge in [0.25, 0.3) is 11.5 Å². The van der Waals surface area contributed by atoms with Gasteiger partial charge in [-0.1, -0.05) is 0 Å². The molecule has 3 aromatic heterocycles. The lowest BCUT2D eigenvalue weighted by Gasteiger charge is -2.08. The summed E-state index contributed by atoms with van der Waals surface area (Å²) in [6.45, 7) is 5.95. The molecule has 32 heavy (non-hydrogen) atoms. The van der Waals surface area contributed by atoms with Gasteiger partial charge in [0, 0.05) is 30.6 Å². The Balaban J connectivity index is 1.42. The molecule has 1 N–H and O–H groups in total. The van der Waals surface area contributed by atoms with Crippen LogP contribution in [0, 0.1) is 20.8 Å². The van der Waals surface area contributed by atoms with Crippen molar-refractivity contribution in [2.45, 2.75) is 20.8 Å². The Morgan fingerprint density at radius 3 is 2.28 bits per heavy atom. The molecule has 10 heteroatoms. The van der Waals surface area contributed by atoms with Crippen LogP contribution in [-0.2, 0) is 7.05 Å². The molecule has 0 atom stereocenters. The topological polar surface area (TPSA) is 117 Å². The van der Waals surface area contributed by atoms with Crippen LogP contribution >= 0.6 is 0 Å². The second kappa shape index (κ2) is 8.42. The van der Waals surface area contributed by atoms with E-state index in [0.717, 1.165) is 21.6 Å². The molecular weight excluding hydrogens is 410 g/mol. The number of hydrogen-bond donors (Lipinski definition) is 1. The summed E-state index contributed by atoms with van der Waals surface area (Å²) in [4.78, 5) is 23.7. The Hall–Kier alpha value is -4.34. The van der Waals surface area contributed by atoms with E-state index in [1.165, 1.54) is 19.2 Å². The summed E-state index contributed by atoms with van der Waals surface area (Å²) in [5, 5.41) is 19.4. The van der Waals surface area contributed by atoms with Crippen LogP contribution in [0.2, 0.25) is 0 Å². The van der Waals surface area contributed by atoms with Crippen molar-refractivity contribution in [2.75, 3.05) is 5.32 Å². The van der Waals surface area contributed by atoms with E-state index in [1.807, 2.05) is 20.8 Å². The van der Waals surface area contributed by atoms with Crippen LogP contribution in [0.5, 0.6) is 11.6 Å². The third-order valence-electron chi connectivity index (χ3n) is 5.02. The summed E-state index contributed by atoms with van der Waals surface area (Å²) >= 11 is 0. The lowest BCUT2D eigenvalue weighted by atomic mass is 10.2. The molecule has 0 fully saturated rings. The Kier molecular flexibility index (Phi) is 5.50. The van der Waals surface area contributed by atoms with Crippen molar-refractivity contribution in [1.29, 1.82) is 0 Å². The maximum Gasteiger partial charge on any atom is 0.276 e. The molecule has 0 radical (unpaired) electrons. The lowest BCUT2D eigenvalue weighted by Crippen LogP contribution is -2.23. The second-order valence-electron chi connectivity index (χ2n) is 7.20. The predicted octanol–water partition coefficient (Wildman–Crippen LogP) is 2.73. The van der Waals surface area contributed by atoms with Gasteiger partial charge in [-0.25, -0.2) is 9.36 Å². The molecular formula is C22H21N7O3. The molecule has 0 aliphatic heterocycles. The van der Waals surface area contributed by atoms with Crippen molar-refractivity contribution in [1.82, 2.24) is 29.8 Å². The first kappa shape index (κ1) is 20.9. The van der Waals surface area contributed by atoms with Gasteiger partial charge in [0.15, 0.2) is 5.82 Å². The standard InChI is InChI=1S/C22H21N7O3/c1-13-14(2)26-29(15(13)3)19-10-11-20(25-24-19)32-17-7-5-16(6-8-17)23-22(31)18-9-12-21(30)28(4)27-18/h5-12H,1-4H3,(H,23,31). The fourth-order valence-corrected chi connectivity index (χ4v) is 2.97. The monoisotopic (exact) mass is 431 g/mol. The number of nitrogens with zero attached hydrogens (tertiary/aromatic N) is 6. The fraction of sp³-hybridized carbons (Fsp3) is 0.182. The van der Waals surface area contributed by atoms with E-state index in [0.29, 0.717) is 23.1 Å². The number of anilines is 1. The quantitative estimate of drug-likeness (QED) is 0.516. The number of aromatic nitrogens is 6. The van der Waals surface area contributed by atoms with E-state index in [1.54, 1.807) is 41.1 Å². The third kappa shape index (κ3) is 4.24. The fourth-order valence-electron chi connectivity index (χ4n) is 2.97. The number of hydrogen-bond acceptors (Lipinski definition) is 7. The van der Waals surface area contributed by atoms with Crippen LogP contribution in [0.25, 0.3) is 5.82 Å². The maximum atomic E-state index is 12.3. The molecule has 0 aliphatic carbocycles. The molecule has 162 valence electrons. The SMILES string of the molecule is Cc1nn(-c2ccc(Oc3ccc(NC(=O)c4ccc(=O)n(C)n4)cc3)nn2)c(C)c1C. The largest absolute Gasteiger partial charge is 0.438 e. The Morgan fingerprint density at radius 1 is 0.938 bits per heavy atom. The highest BCUT2D eigenvalue weighted by molar-refractivity contribution is 6.02. The van der Waals surface area contributed by atoms with Crippen molar-refractivity contribution < 1.29 is 9.53 Å².